The number of carbonyl (C=O) groups is 1. The number of hydrogen-bond donors (Lipinski definition) is 3. The lowest BCUT2D eigenvalue weighted by molar-refractivity contribution is -0.150. The SMILES string of the molecule is CC(C)(C(=O)O)C1CCCCC1.Cc1cc(F)c(-c2nc3cc(O)[nH]c3cc2Cl)c(F)c1. The number of aromatic nitrogens is 2. The van der Waals surface area contributed by atoms with Gasteiger partial charge in [-0.1, -0.05) is 30.9 Å². The van der Waals surface area contributed by atoms with Crippen molar-refractivity contribution in [3.8, 4) is 17.1 Å². The number of carboxylic acid groups (broad SMARTS) is 1. The van der Waals surface area contributed by atoms with Crippen molar-refractivity contribution in [3.63, 3.8) is 0 Å². The lowest BCUT2D eigenvalue weighted by Gasteiger charge is -2.33. The van der Waals surface area contributed by atoms with E-state index in [9.17, 15) is 18.7 Å². The molecule has 0 radical (unpaired) electrons. The van der Waals surface area contributed by atoms with E-state index in [1.54, 1.807) is 6.92 Å². The number of benzene rings is 1. The third-order valence-electron chi connectivity index (χ3n) is 6.14. The lowest BCUT2D eigenvalue weighted by atomic mass is 9.71. The first-order chi connectivity index (χ1) is 15.0. The number of nitrogens with one attached hydrogen (secondary N) is 1. The normalized spacial score (nSPS) is 14.8. The first kappa shape index (κ1) is 24.0. The van der Waals surface area contributed by atoms with E-state index in [-0.39, 0.29) is 22.2 Å². The fourth-order valence-corrected chi connectivity index (χ4v) is 4.36. The molecule has 0 unspecified atom stereocenters. The lowest BCUT2D eigenvalue weighted by Crippen LogP contribution is -2.34. The van der Waals surface area contributed by atoms with Crippen LogP contribution in [0.3, 0.4) is 0 Å². The van der Waals surface area contributed by atoms with Crippen LogP contribution in [0.15, 0.2) is 24.3 Å². The highest BCUT2D eigenvalue weighted by Gasteiger charge is 2.36. The van der Waals surface area contributed by atoms with Crippen LogP contribution in [0.2, 0.25) is 5.02 Å². The number of carboxylic acids is 1. The summed E-state index contributed by atoms with van der Waals surface area (Å²) in [4.78, 5) is 17.7. The summed E-state index contributed by atoms with van der Waals surface area (Å²) in [5.41, 5.74) is 0.558. The third kappa shape index (κ3) is 5.04. The summed E-state index contributed by atoms with van der Waals surface area (Å²) in [5.74, 6) is -1.80. The zero-order valence-corrected chi connectivity index (χ0v) is 19.1. The first-order valence-electron chi connectivity index (χ1n) is 10.6. The maximum atomic E-state index is 14.0. The largest absolute Gasteiger partial charge is 0.495 e. The van der Waals surface area contributed by atoms with Gasteiger partial charge >= 0.3 is 5.97 Å². The van der Waals surface area contributed by atoms with Crippen LogP contribution in [0.1, 0.15) is 51.5 Å². The van der Waals surface area contributed by atoms with Gasteiger partial charge in [-0.25, -0.2) is 13.8 Å². The average Bonchev–Trinajstić information content (AvgIpc) is 3.07. The minimum atomic E-state index is -0.726. The molecular weight excluding hydrogens is 438 g/mol. The third-order valence-corrected chi connectivity index (χ3v) is 6.43. The number of aryl methyl sites for hydroxylation is 1. The van der Waals surface area contributed by atoms with E-state index in [2.05, 4.69) is 9.97 Å². The second kappa shape index (κ2) is 9.45. The Hall–Kier alpha value is -2.67. The van der Waals surface area contributed by atoms with Gasteiger partial charge in [-0.15, -0.1) is 0 Å². The van der Waals surface area contributed by atoms with Crippen molar-refractivity contribution in [2.75, 3.05) is 0 Å². The first-order valence-corrected chi connectivity index (χ1v) is 11.0. The molecule has 0 atom stereocenters. The maximum Gasteiger partial charge on any atom is 0.309 e. The average molecular weight is 465 g/mol. The molecule has 5 nitrogen and oxygen atoms in total. The molecule has 0 bridgehead atoms. The van der Waals surface area contributed by atoms with Crippen molar-refractivity contribution < 1.29 is 23.8 Å². The molecule has 1 saturated carbocycles. The van der Waals surface area contributed by atoms with Gasteiger partial charge < -0.3 is 15.2 Å². The van der Waals surface area contributed by atoms with Crippen molar-refractivity contribution in [1.82, 2.24) is 9.97 Å². The summed E-state index contributed by atoms with van der Waals surface area (Å²) < 4.78 is 28.0. The highest BCUT2D eigenvalue weighted by molar-refractivity contribution is 6.33. The Kier molecular flexibility index (Phi) is 7.08. The maximum absolute atomic E-state index is 14.0. The zero-order chi connectivity index (χ0) is 23.6. The van der Waals surface area contributed by atoms with Crippen molar-refractivity contribution in [3.05, 3.63) is 46.5 Å². The molecule has 4 rings (SSSR count). The minimum absolute atomic E-state index is 0.00756. The molecule has 3 aromatic rings. The molecule has 8 heteroatoms. The fourth-order valence-electron chi connectivity index (χ4n) is 4.12. The van der Waals surface area contributed by atoms with Crippen LogP contribution in [-0.2, 0) is 4.79 Å². The number of fused-ring (bicyclic) bond motifs is 1. The van der Waals surface area contributed by atoms with Crippen LogP contribution >= 0.6 is 11.6 Å². The zero-order valence-electron chi connectivity index (χ0n) is 18.3. The van der Waals surface area contributed by atoms with Gasteiger partial charge in [-0.05, 0) is 63.3 Å². The molecule has 1 fully saturated rings. The standard InChI is InChI=1S/C14H9ClF2N2O.C10H18O2/c1-6-2-8(16)13(9(17)3-6)14-7(15)4-10-11(19-14)5-12(20)18-10;1-10(2,9(11)12)8-6-4-3-5-7-8/h2-5,18,20H,1H3;8H,3-7H2,1-2H3,(H,11,12). The van der Waals surface area contributed by atoms with Crippen LogP contribution in [0.5, 0.6) is 5.88 Å². The van der Waals surface area contributed by atoms with E-state index in [0.29, 0.717) is 22.5 Å². The molecule has 172 valence electrons. The number of pyridine rings is 1. The number of rotatable bonds is 3. The predicted molar refractivity (Wildman–Crippen MR) is 121 cm³/mol. The quantitative estimate of drug-likeness (QED) is 0.395. The van der Waals surface area contributed by atoms with Gasteiger partial charge in [0.05, 0.1) is 32.7 Å². The number of nitrogens with zero attached hydrogens (tertiary/aromatic N) is 1. The topological polar surface area (TPSA) is 86.2 Å². The van der Waals surface area contributed by atoms with E-state index < -0.39 is 23.0 Å². The Balaban J connectivity index is 0.000000207. The Morgan fingerprint density at radius 1 is 1.12 bits per heavy atom. The fraction of sp³-hybridized carbons (Fsp3) is 0.417. The van der Waals surface area contributed by atoms with E-state index in [1.165, 1.54) is 43.5 Å². The van der Waals surface area contributed by atoms with Crippen LogP contribution in [0.25, 0.3) is 22.3 Å². The van der Waals surface area contributed by atoms with E-state index in [4.69, 9.17) is 16.7 Å². The van der Waals surface area contributed by atoms with Crippen LogP contribution in [0, 0.1) is 29.9 Å². The smallest absolute Gasteiger partial charge is 0.309 e. The van der Waals surface area contributed by atoms with E-state index in [1.807, 2.05) is 13.8 Å². The molecule has 0 amide bonds. The van der Waals surface area contributed by atoms with E-state index in [0.717, 1.165) is 12.8 Å². The van der Waals surface area contributed by atoms with Crippen LogP contribution in [-0.4, -0.2) is 26.2 Å². The van der Waals surface area contributed by atoms with Gasteiger partial charge in [-0.3, -0.25) is 4.79 Å². The van der Waals surface area contributed by atoms with Crippen molar-refractivity contribution >= 4 is 28.6 Å². The molecule has 1 aromatic carbocycles. The Morgan fingerprint density at radius 3 is 2.28 bits per heavy atom. The molecule has 0 saturated heterocycles. The van der Waals surface area contributed by atoms with Gasteiger partial charge in [-0.2, -0.15) is 0 Å². The monoisotopic (exact) mass is 464 g/mol. The summed E-state index contributed by atoms with van der Waals surface area (Å²) in [6.07, 6.45) is 5.90. The number of halogens is 3. The van der Waals surface area contributed by atoms with Crippen molar-refractivity contribution in [2.45, 2.75) is 52.9 Å². The Labute approximate surface area is 190 Å². The second-order valence-electron chi connectivity index (χ2n) is 8.87. The summed E-state index contributed by atoms with van der Waals surface area (Å²) in [6, 6.07) is 5.27. The second-order valence-corrected chi connectivity index (χ2v) is 9.28. The summed E-state index contributed by atoms with van der Waals surface area (Å²) in [7, 11) is 0. The number of H-pyrrole nitrogens is 1. The molecular formula is C24H27ClF2N2O3. The minimum Gasteiger partial charge on any atom is -0.495 e. The number of aromatic hydroxyl groups is 1. The van der Waals surface area contributed by atoms with Crippen molar-refractivity contribution in [2.24, 2.45) is 11.3 Å². The number of aliphatic carboxylic acids is 1. The summed E-state index contributed by atoms with van der Waals surface area (Å²) in [6.45, 7) is 5.30. The van der Waals surface area contributed by atoms with E-state index >= 15 is 0 Å². The van der Waals surface area contributed by atoms with Gasteiger partial charge in [0.25, 0.3) is 0 Å². The molecule has 1 aliphatic rings. The molecule has 0 spiro atoms. The highest BCUT2D eigenvalue weighted by atomic mass is 35.5. The van der Waals surface area contributed by atoms with Gasteiger partial charge in [0.2, 0.25) is 0 Å². The molecule has 1 aliphatic carbocycles. The molecule has 0 aliphatic heterocycles. The van der Waals surface area contributed by atoms with Crippen LogP contribution in [0.4, 0.5) is 8.78 Å². The highest BCUT2D eigenvalue weighted by Crippen LogP contribution is 2.38. The Bertz CT molecular complexity index is 1110. The molecule has 2 aromatic heterocycles. The van der Waals surface area contributed by atoms with Crippen LogP contribution < -0.4 is 0 Å². The number of hydrogen-bond acceptors (Lipinski definition) is 3. The summed E-state index contributed by atoms with van der Waals surface area (Å²) >= 11 is 6.03. The molecule has 2 heterocycles. The van der Waals surface area contributed by atoms with Gasteiger partial charge in [0.1, 0.15) is 11.6 Å². The predicted octanol–water partition coefficient (Wildman–Crippen LogP) is 6.85. The van der Waals surface area contributed by atoms with Gasteiger partial charge in [0, 0.05) is 6.07 Å². The van der Waals surface area contributed by atoms with Crippen molar-refractivity contribution in [1.29, 1.82) is 0 Å². The van der Waals surface area contributed by atoms with Gasteiger partial charge in [0.15, 0.2) is 5.88 Å². The molecule has 3 N–H and O–H groups in total. The molecule has 32 heavy (non-hydrogen) atoms. The number of aromatic amines is 1. The Morgan fingerprint density at radius 2 is 1.72 bits per heavy atom. The summed E-state index contributed by atoms with van der Waals surface area (Å²) in [5, 5.41) is 18.5.